The lowest BCUT2D eigenvalue weighted by Crippen LogP contribution is -2.41. The zero-order valence-corrected chi connectivity index (χ0v) is 41.0. The van der Waals surface area contributed by atoms with E-state index in [1.54, 1.807) is 21.6 Å². The first-order chi connectivity index (χ1) is 34.6. The van der Waals surface area contributed by atoms with Crippen LogP contribution in [0.15, 0.2) is 24.3 Å². The molecule has 0 atom stereocenters. The Balaban J connectivity index is 0.766. The summed E-state index contributed by atoms with van der Waals surface area (Å²) in [6, 6.07) is 4.60. The number of ether oxygens (including phenoxy) is 6. The molecular formula is C46H50N6O18S2. The van der Waals surface area contributed by atoms with Crippen molar-refractivity contribution in [1.29, 1.82) is 0 Å². The fourth-order valence-electron chi connectivity index (χ4n) is 8.08. The maximum absolute atomic E-state index is 14.0. The van der Waals surface area contributed by atoms with Crippen molar-refractivity contribution >= 4 is 68.8 Å². The fraction of sp³-hybridized carbons (Fsp3) is 0.435. The Labute approximate surface area is 417 Å². The molecule has 0 radical (unpaired) electrons. The third-order valence-electron chi connectivity index (χ3n) is 11.6. The number of hydrogen-bond acceptors (Lipinski definition) is 22. The van der Waals surface area contributed by atoms with Gasteiger partial charge in [-0.15, -0.1) is 0 Å². The maximum Gasteiger partial charge on any atom is 0.354 e. The number of pyridine rings is 2. The van der Waals surface area contributed by atoms with Gasteiger partial charge in [0.25, 0.3) is 23.4 Å². The Kier molecular flexibility index (Phi) is 17.3. The van der Waals surface area contributed by atoms with Gasteiger partial charge in [0.2, 0.25) is 11.6 Å². The van der Waals surface area contributed by atoms with Crippen molar-refractivity contribution in [3.05, 3.63) is 80.7 Å². The van der Waals surface area contributed by atoms with Gasteiger partial charge in [-0.25, -0.2) is 40.1 Å². The number of methoxy groups -OCH3 is 4. The van der Waals surface area contributed by atoms with Crippen LogP contribution in [-0.2, 0) is 49.7 Å². The zero-order chi connectivity index (χ0) is 51.7. The van der Waals surface area contributed by atoms with Crippen molar-refractivity contribution in [2.24, 2.45) is 0 Å². The van der Waals surface area contributed by atoms with Gasteiger partial charge in [-0.1, -0.05) is 47.3 Å². The number of ketones is 2. The van der Waals surface area contributed by atoms with Crippen molar-refractivity contribution in [2.45, 2.75) is 62.9 Å². The molecule has 0 aromatic carbocycles. The molecule has 1 aliphatic heterocycles. The zero-order valence-electron chi connectivity index (χ0n) is 39.3. The summed E-state index contributed by atoms with van der Waals surface area (Å²) in [5.41, 5.74) is 1.71. The molecule has 4 aromatic rings. The predicted octanol–water partition coefficient (Wildman–Crippen LogP) is 3.87. The van der Waals surface area contributed by atoms with Gasteiger partial charge in [0, 0.05) is 33.8 Å². The molecule has 0 unspecified atom stereocenters. The van der Waals surface area contributed by atoms with Gasteiger partial charge >= 0.3 is 23.9 Å². The SMILES string of the molecule is COC(=O)c1cc2c([nH]1)-c1c(C(=O)OC)cc(C(=O)NOCCCCCCSSCCCCCCONC(=O)c3cc(C(=O)OC)c4c(n3)C(=O)C3(OCCO3)c3cc(C(=O)OC)[nH]c3-4)nc1C(=O)C2(O)O. The monoisotopic (exact) mass is 1040 g/mol. The Morgan fingerprint density at radius 1 is 0.597 bits per heavy atom. The van der Waals surface area contributed by atoms with Crippen LogP contribution < -0.4 is 11.0 Å². The summed E-state index contributed by atoms with van der Waals surface area (Å²) in [6.07, 6.45) is 6.74. The van der Waals surface area contributed by atoms with Gasteiger partial charge in [-0.05, 0) is 49.9 Å². The molecule has 26 heteroatoms. The minimum absolute atomic E-state index is 0.00990. The number of nitrogens with zero attached hydrogens (tertiary/aromatic N) is 2. The first kappa shape index (κ1) is 53.3. The van der Waals surface area contributed by atoms with E-state index in [2.05, 4.69) is 35.6 Å². The summed E-state index contributed by atoms with van der Waals surface area (Å²) >= 11 is 0. The summed E-state index contributed by atoms with van der Waals surface area (Å²) < 4.78 is 30.9. The number of H-pyrrole nitrogens is 2. The van der Waals surface area contributed by atoms with Crippen molar-refractivity contribution in [3.63, 3.8) is 0 Å². The highest BCUT2D eigenvalue weighted by molar-refractivity contribution is 8.76. The lowest BCUT2D eigenvalue weighted by molar-refractivity contribution is -0.128. The molecule has 384 valence electrons. The van der Waals surface area contributed by atoms with Crippen LogP contribution in [0.4, 0.5) is 0 Å². The van der Waals surface area contributed by atoms with E-state index in [1.807, 2.05) is 0 Å². The van der Waals surface area contributed by atoms with Crippen molar-refractivity contribution in [3.8, 4) is 22.5 Å². The Morgan fingerprint density at radius 3 is 1.47 bits per heavy atom. The smallest absolute Gasteiger partial charge is 0.354 e. The fourth-order valence-corrected chi connectivity index (χ4v) is 10.4. The molecule has 4 aromatic heterocycles. The number of Topliss-reactive ketones (excluding diaryl/α,β-unsaturated/α-hetero) is 2. The number of aromatic nitrogens is 4. The molecule has 3 aliphatic rings. The molecule has 1 saturated heterocycles. The first-order valence-corrected chi connectivity index (χ1v) is 24.9. The average molecular weight is 1040 g/mol. The van der Waals surface area contributed by atoms with E-state index >= 15 is 0 Å². The minimum Gasteiger partial charge on any atom is -0.465 e. The van der Waals surface area contributed by atoms with Crippen LogP contribution >= 0.6 is 21.6 Å². The summed E-state index contributed by atoms with van der Waals surface area (Å²) in [5, 5.41) is 21.5. The van der Waals surface area contributed by atoms with Crippen LogP contribution in [0, 0.1) is 0 Å². The number of unbranched alkanes of at least 4 members (excludes halogenated alkanes) is 6. The summed E-state index contributed by atoms with van der Waals surface area (Å²) in [5.74, 6) is -10.5. The third kappa shape index (κ3) is 10.8. The van der Waals surface area contributed by atoms with Gasteiger partial charge in [-0.2, -0.15) is 0 Å². The number of carbonyl (C=O) groups excluding carboxylic acids is 8. The first-order valence-electron chi connectivity index (χ1n) is 22.4. The number of amides is 2. The lowest BCUT2D eigenvalue weighted by Gasteiger charge is -2.31. The van der Waals surface area contributed by atoms with Gasteiger partial charge < -0.3 is 48.6 Å². The number of hydrogen-bond donors (Lipinski definition) is 6. The summed E-state index contributed by atoms with van der Waals surface area (Å²) in [4.78, 5) is 128. The standard InChI is InChI=1S/C46H50N6O18S2/c1-63-41(57)23-19-27(47-35-31(23)33-25(45(61,62)37(35)53)21-29(49-33)43(59)65-3)39(55)51-69-13-9-5-7-11-17-71-72-18-12-8-6-10-14-70-52-40(56)28-20-24(42(58)64-2)32-34-26(22-30(50-34)44(60)66-4)46(67-15-16-68-46)38(54)36(32)48-28/h19-22,49-50,61-62H,5-18H2,1-4H3,(H,51,55)(H,52,56). The molecule has 72 heavy (non-hydrogen) atoms. The van der Waals surface area contributed by atoms with E-state index in [9.17, 15) is 48.6 Å². The van der Waals surface area contributed by atoms with Crippen LogP contribution in [0.3, 0.4) is 0 Å². The van der Waals surface area contributed by atoms with Crippen LogP contribution in [0.1, 0.15) is 146 Å². The van der Waals surface area contributed by atoms with Gasteiger partial charge in [0.1, 0.15) is 34.2 Å². The minimum atomic E-state index is -3.15. The van der Waals surface area contributed by atoms with Crippen molar-refractivity contribution in [1.82, 2.24) is 30.9 Å². The number of aromatic amines is 2. The number of aliphatic hydroxyl groups is 2. The molecule has 2 amide bonds. The van der Waals surface area contributed by atoms with Crippen LogP contribution in [0.5, 0.6) is 0 Å². The average Bonchev–Trinajstić information content (AvgIpc) is 4.18. The Hall–Kier alpha value is -6.52. The second kappa shape index (κ2) is 23.4. The number of carbonyl (C=O) groups is 8. The van der Waals surface area contributed by atoms with Gasteiger partial charge in [-0.3, -0.25) is 28.9 Å². The number of rotatable bonds is 23. The second-order valence-corrected chi connectivity index (χ2v) is 18.8. The highest BCUT2D eigenvalue weighted by Gasteiger charge is 2.55. The van der Waals surface area contributed by atoms with Gasteiger partial charge in [0.15, 0.2) is 0 Å². The second-order valence-electron chi connectivity index (χ2n) is 16.1. The molecule has 0 bridgehead atoms. The highest BCUT2D eigenvalue weighted by atomic mass is 33.1. The molecule has 24 nitrogen and oxygen atoms in total. The molecule has 5 heterocycles. The van der Waals surface area contributed by atoms with Crippen LogP contribution in [0.2, 0.25) is 0 Å². The molecule has 1 spiro atoms. The van der Waals surface area contributed by atoms with E-state index in [4.69, 9.17) is 33.4 Å². The lowest BCUT2D eigenvalue weighted by atomic mass is 9.85. The number of nitrogens with one attached hydrogen (secondary N) is 4. The van der Waals surface area contributed by atoms with Crippen molar-refractivity contribution in [2.75, 3.05) is 66.4 Å². The number of fused-ring (bicyclic) bond motifs is 7. The normalized spacial score (nSPS) is 14.7. The van der Waals surface area contributed by atoms with E-state index in [-0.39, 0.29) is 88.4 Å². The third-order valence-corrected chi connectivity index (χ3v) is 14.2. The molecule has 6 N–H and O–H groups in total. The van der Waals surface area contributed by atoms with Crippen molar-refractivity contribution < 1.29 is 86.7 Å². The van der Waals surface area contributed by atoms with E-state index in [1.165, 1.54) is 19.2 Å². The van der Waals surface area contributed by atoms with Crippen LogP contribution in [0.25, 0.3) is 22.5 Å². The molecule has 2 aliphatic carbocycles. The molecule has 1 fully saturated rings. The van der Waals surface area contributed by atoms with Crippen LogP contribution in [-0.4, -0.2) is 144 Å². The van der Waals surface area contributed by atoms with E-state index in [0.717, 1.165) is 83.5 Å². The van der Waals surface area contributed by atoms with Gasteiger partial charge in [0.05, 0.1) is 77.4 Å². The molecule has 0 saturated carbocycles. The summed E-state index contributed by atoms with van der Waals surface area (Å²) in [6.45, 7) is 0.485. The topological polar surface area (TPSA) is 332 Å². The summed E-state index contributed by atoms with van der Waals surface area (Å²) in [7, 11) is 8.07. The largest absolute Gasteiger partial charge is 0.465 e. The Morgan fingerprint density at radius 2 is 1.01 bits per heavy atom. The Bertz CT molecular complexity index is 2780. The predicted molar refractivity (Wildman–Crippen MR) is 250 cm³/mol. The quantitative estimate of drug-likeness (QED) is 0.0153. The van der Waals surface area contributed by atoms with E-state index in [0.29, 0.717) is 12.8 Å². The highest BCUT2D eigenvalue weighted by Crippen LogP contribution is 2.48. The number of hydroxylamine groups is 2. The molecular weight excluding hydrogens is 989 g/mol. The number of esters is 4. The van der Waals surface area contributed by atoms with E-state index < -0.39 is 75.8 Å². The molecule has 7 rings (SSSR count). The maximum atomic E-state index is 14.0.